The van der Waals surface area contributed by atoms with Gasteiger partial charge in [0.2, 0.25) is 0 Å². The van der Waals surface area contributed by atoms with Crippen molar-refractivity contribution in [1.82, 2.24) is 0 Å². The van der Waals surface area contributed by atoms with Crippen molar-refractivity contribution < 1.29 is 0 Å². The van der Waals surface area contributed by atoms with E-state index in [-0.39, 0.29) is 0 Å². The van der Waals surface area contributed by atoms with Gasteiger partial charge >= 0.3 is 0 Å². The fraction of sp³-hybridized carbons (Fsp3) is 0.0476. The maximum atomic E-state index is 2.41. The molecule has 0 nitrogen and oxygen atoms in total. The van der Waals surface area contributed by atoms with Gasteiger partial charge in [-0.3, -0.25) is 0 Å². The largest absolute Gasteiger partial charge is 0.117 e. The number of fused-ring (bicyclic) bond motifs is 6. The summed E-state index contributed by atoms with van der Waals surface area (Å²) in [4.78, 5) is 1.42. The SMILES string of the molecule is C1=CC2Sc3c(-c4cccc(-c5c6ccccc6c(-c6ccc7ccccc7c6)c6ccccc56)c4)cccc3C2C=C1. The van der Waals surface area contributed by atoms with E-state index in [9.17, 15) is 0 Å². The van der Waals surface area contributed by atoms with Crippen LogP contribution < -0.4 is 0 Å². The van der Waals surface area contributed by atoms with Crippen LogP contribution in [0.2, 0.25) is 0 Å². The van der Waals surface area contributed by atoms with E-state index in [1.165, 1.54) is 76.2 Å². The Morgan fingerprint density at radius 3 is 1.79 bits per heavy atom. The Balaban J connectivity index is 1.27. The van der Waals surface area contributed by atoms with Crippen molar-refractivity contribution in [3.63, 3.8) is 0 Å². The number of thioether (sulfide) groups is 1. The molecular weight excluding hydrogens is 537 g/mol. The lowest BCUT2D eigenvalue weighted by atomic mass is 9.85. The van der Waals surface area contributed by atoms with E-state index in [1.807, 2.05) is 11.8 Å². The summed E-state index contributed by atoms with van der Waals surface area (Å²) in [5, 5.41) is 8.17. The average molecular weight is 565 g/mol. The predicted molar refractivity (Wildman–Crippen MR) is 186 cm³/mol. The topological polar surface area (TPSA) is 0 Å². The molecule has 2 atom stereocenters. The summed E-state index contributed by atoms with van der Waals surface area (Å²) >= 11 is 2.01. The van der Waals surface area contributed by atoms with Gasteiger partial charge in [0, 0.05) is 16.1 Å². The Kier molecular flexibility index (Phi) is 5.67. The molecule has 2 aliphatic rings. The highest BCUT2D eigenvalue weighted by Crippen LogP contribution is 2.52. The highest BCUT2D eigenvalue weighted by Gasteiger charge is 2.32. The summed E-state index contributed by atoms with van der Waals surface area (Å²) in [5.41, 5.74) is 9.19. The van der Waals surface area contributed by atoms with Crippen molar-refractivity contribution in [3.05, 3.63) is 163 Å². The van der Waals surface area contributed by atoms with Crippen molar-refractivity contribution in [2.24, 2.45) is 0 Å². The van der Waals surface area contributed by atoms with Crippen LogP contribution in [0.15, 0.2) is 163 Å². The molecule has 1 aliphatic carbocycles. The van der Waals surface area contributed by atoms with E-state index in [4.69, 9.17) is 0 Å². The van der Waals surface area contributed by atoms with Gasteiger partial charge in [0.25, 0.3) is 0 Å². The van der Waals surface area contributed by atoms with Gasteiger partial charge in [-0.25, -0.2) is 0 Å². The van der Waals surface area contributed by atoms with Crippen LogP contribution in [0.25, 0.3) is 65.7 Å². The molecule has 2 unspecified atom stereocenters. The molecule has 202 valence electrons. The zero-order valence-corrected chi connectivity index (χ0v) is 24.4. The van der Waals surface area contributed by atoms with Gasteiger partial charge in [-0.05, 0) is 83.4 Å². The lowest BCUT2D eigenvalue weighted by Gasteiger charge is -2.18. The highest BCUT2D eigenvalue weighted by molar-refractivity contribution is 8.00. The standard InChI is InChI=1S/C42H28S/c1-2-12-28-25-31(24-23-27(28)11-1)41-36-18-5-3-16-34(36)40(35-17-4-6-19-37(35)41)30-14-9-13-29(26-30)32-20-10-21-38-33-15-7-8-22-39(33)43-42(32)38/h1-26,33,39H. The molecular formula is C42H28S. The van der Waals surface area contributed by atoms with Crippen molar-refractivity contribution in [1.29, 1.82) is 0 Å². The molecule has 7 aromatic carbocycles. The molecule has 1 heteroatoms. The van der Waals surface area contributed by atoms with Gasteiger partial charge in [0.1, 0.15) is 0 Å². The van der Waals surface area contributed by atoms with Gasteiger partial charge in [-0.15, -0.1) is 11.8 Å². The molecule has 0 amide bonds. The molecule has 0 bridgehead atoms. The monoisotopic (exact) mass is 564 g/mol. The Morgan fingerprint density at radius 1 is 0.442 bits per heavy atom. The van der Waals surface area contributed by atoms with E-state index in [2.05, 4.69) is 158 Å². The Labute approximate surface area is 256 Å². The summed E-state index contributed by atoms with van der Waals surface area (Å²) in [6.07, 6.45) is 9.10. The third-order valence-electron chi connectivity index (χ3n) is 9.17. The molecule has 0 saturated heterocycles. The minimum Gasteiger partial charge on any atom is -0.117 e. The van der Waals surface area contributed by atoms with Gasteiger partial charge in [-0.2, -0.15) is 0 Å². The number of allylic oxidation sites excluding steroid dienone is 3. The molecule has 9 rings (SSSR count). The molecule has 1 aliphatic heterocycles. The average Bonchev–Trinajstić information content (AvgIpc) is 3.46. The Bertz CT molecular complexity index is 2230. The first-order chi connectivity index (χ1) is 21.3. The maximum absolute atomic E-state index is 2.41. The van der Waals surface area contributed by atoms with Crippen LogP contribution in [0.1, 0.15) is 11.5 Å². The minimum atomic E-state index is 0.462. The van der Waals surface area contributed by atoms with Gasteiger partial charge in [0.05, 0.1) is 0 Å². The van der Waals surface area contributed by atoms with E-state index in [0.29, 0.717) is 11.2 Å². The third kappa shape index (κ3) is 3.92. The molecule has 0 saturated carbocycles. The van der Waals surface area contributed by atoms with E-state index >= 15 is 0 Å². The molecule has 0 spiro atoms. The molecule has 0 N–H and O–H groups in total. The quantitative estimate of drug-likeness (QED) is 0.192. The zero-order valence-electron chi connectivity index (χ0n) is 23.6. The van der Waals surface area contributed by atoms with Crippen LogP contribution in [-0.4, -0.2) is 5.25 Å². The molecule has 0 radical (unpaired) electrons. The van der Waals surface area contributed by atoms with Crippen LogP contribution >= 0.6 is 11.8 Å². The summed E-state index contributed by atoms with van der Waals surface area (Å²) in [5.74, 6) is 0.462. The molecule has 43 heavy (non-hydrogen) atoms. The number of benzene rings is 7. The molecule has 7 aromatic rings. The summed E-state index contributed by atoms with van der Waals surface area (Å²) < 4.78 is 0. The van der Waals surface area contributed by atoms with Crippen molar-refractivity contribution in [3.8, 4) is 33.4 Å². The van der Waals surface area contributed by atoms with E-state index in [1.54, 1.807) is 0 Å². The van der Waals surface area contributed by atoms with Crippen molar-refractivity contribution in [2.75, 3.05) is 0 Å². The number of rotatable bonds is 3. The van der Waals surface area contributed by atoms with E-state index in [0.717, 1.165) is 0 Å². The fourth-order valence-corrected chi connectivity index (χ4v) is 8.71. The van der Waals surface area contributed by atoms with Crippen LogP contribution in [0.3, 0.4) is 0 Å². The Morgan fingerprint density at radius 2 is 1.05 bits per heavy atom. The van der Waals surface area contributed by atoms with Gasteiger partial charge in [-0.1, -0.05) is 146 Å². The van der Waals surface area contributed by atoms with Crippen LogP contribution in [0.4, 0.5) is 0 Å². The first kappa shape index (κ1) is 24.7. The van der Waals surface area contributed by atoms with Crippen LogP contribution in [-0.2, 0) is 0 Å². The predicted octanol–water partition coefficient (Wildman–Crippen LogP) is 11.8. The van der Waals surface area contributed by atoms with Crippen LogP contribution in [0, 0.1) is 0 Å². The van der Waals surface area contributed by atoms with Crippen molar-refractivity contribution in [2.45, 2.75) is 16.1 Å². The first-order valence-electron chi connectivity index (χ1n) is 15.0. The Hall–Kier alpha value is -4.85. The van der Waals surface area contributed by atoms with Crippen molar-refractivity contribution >= 4 is 44.1 Å². The maximum Gasteiger partial charge on any atom is 0.0381 e. The third-order valence-corrected chi connectivity index (χ3v) is 10.6. The van der Waals surface area contributed by atoms with Gasteiger partial charge in [0.15, 0.2) is 0 Å². The molecule has 0 fully saturated rings. The lowest BCUT2D eigenvalue weighted by Crippen LogP contribution is -2.06. The molecule has 1 heterocycles. The minimum absolute atomic E-state index is 0.462. The first-order valence-corrected chi connectivity index (χ1v) is 15.9. The lowest BCUT2D eigenvalue weighted by molar-refractivity contribution is 0.881. The second-order valence-electron chi connectivity index (χ2n) is 11.6. The summed E-state index contributed by atoms with van der Waals surface area (Å²) in [6.45, 7) is 0. The summed E-state index contributed by atoms with van der Waals surface area (Å²) in [6, 6.07) is 49.5. The second kappa shape index (κ2) is 9.87. The van der Waals surface area contributed by atoms with Gasteiger partial charge < -0.3 is 0 Å². The fourth-order valence-electron chi connectivity index (χ4n) is 7.23. The van der Waals surface area contributed by atoms with E-state index < -0.39 is 0 Å². The summed E-state index contributed by atoms with van der Waals surface area (Å²) in [7, 11) is 0. The second-order valence-corrected chi connectivity index (χ2v) is 12.8. The van der Waals surface area contributed by atoms with Crippen LogP contribution in [0.5, 0.6) is 0 Å². The molecule has 0 aromatic heterocycles. The normalized spacial score (nSPS) is 17.0. The number of hydrogen-bond acceptors (Lipinski definition) is 1. The zero-order chi connectivity index (χ0) is 28.3. The smallest absolute Gasteiger partial charge is 0.0381 e. The number of hydrogen-bond donors (Lipinski definition) is 0. The highest BCUT2D eigenvalue weighted by atomic mass is 32.2.